The van der Waals surface area contributed by atoms with Gasteiger partial charge in [-0.1, -0.05) is 23.7 Å². The van der Waals surface area contributed by atoms with Crippen LogP contribution in [0.15, 0.2) is 42.5 Å². The molecule has 27 heavy (non-hydrogen) atoms. The number of nitro groups is 1. The van der Waals surface area contributed by atoms with Gasteiger partial charge in [-0.3, -0.25) is 14.9 Å². The predicted molar refractivity (Wildman–Crippen MR) is 103 cm³/mol. The first-order valence-corrected chi connectivity index (χ1v) is 9.16. The Balaban J connectivity index is 1.89. The van der Waals surface area contributed by atoms with Crippen LogP contribution in [0.5, 0.6) is 5.75 Å². The molecule has 2 aromatic rings. The maximum Gasteiger partial charge on any atom is 0.288 e. The highest BCUT2D eigenvalue weighted by molar-refractivity contribution is 6.32. The van der Waals surface area contributed by atoms with Gasteiger partial charge < -0.3 is 9.64 Å². The number of carbonyl (C=O) groups excluding carboxylic acids is 1. The Bertz CT molecular complexity index is 850. The van der Waals surface area contributed by atoms with Gasteiger partial charge in [-0.25, -0.2) is 0 Å². The minimum absolute atomic E-state index is 0.0218. The van der Waals surface area contributed by atoms with E-state index in [1.54, 1.807) is 12.0 Å². The van der Waals surface area contributed by atoms with Gasteiger partial charge in [0.05, 0.1) is 12.0 Å². The van der Waals surface area contributed by atoms with Gasteiger partial charge >= 0.3 is 0 Å². The summed E-state index contributed by atoms with van der Waals surface area (Å²) in [5.41, 5.74) is 0.984. The van der Waals surface area contributed by atoms with E-state index < -0.39 is 4.92 Å². The average Bonchev–Trinajstić information content (AvgIpc) is 3.51. The van der Waals surface area contributed by atoms with Gasteiger partial charge in [0.15, 0.2) is 0 Å². The van der Waals surface area contributed by atoms with Gasteiger partial charge in [0.25, 0.3) is 11.6 Å². The zero-order chi connectivity index (χ0) is 19.6. The molecule has 6 nitrogen and oxygen atoms in total. The molecule has 0 saturated heterocycles. The molecule has 1 amide bonds. The molecular formula is C20H21ClN2O4. The number of ether oxygens (including phenoxy) is 1. The van der Waals surface area contributed by atoms with Crippen molar-refractivity contribution in [1.29, 1.82) is 0 Å². The van der Waals surface area contributed by atoms with E-state index in [2.05, 4.69) is 0 Å². The number of rotatable bonds is 7. The van der Waals surface area contributed by atoms with Gasteiger partial charge in [-0.05, 0) is 55.5 Å². The highest BCUT2D eigenvalue weighted by Crippen LogP contribution is 2.36. The van der Waals surface area contributed by atoms with Gasteiger partial charge in [0.1, 0.15) is 10.8 Å². The normalized spacial score (nSPS) is 14.5. The summed E-state index contributed by atoms with van der Waals surface area (Å²) >= 11 is 5.88. The molecule has 0 aliphatic heterocycles. The minimum atomic E-state index is -0.572. The molecule has 3 rings (SSSR count). The first-order chi connectivity index (χ1) is 12.9. The summed E-state index contributed by atoms with van der Waals surface area (Å²) in [5.74, 6) is 0.986. The van der Waals surface area contributed by atoms with Crippen molar-refractivity contribution in [1.82, 2.24) is 4.90 Å². The summed E-state index contributed by atoms with van der Waals surface area (Å²) in [4.78, 5) is 25.5. The van der Waals surface area contributed by atoms with E-state index in [1.807, 2.05) is 31.2 Å². The molecular weight excluding hydrogens is 368 g/mol. The molecule has 0 radical (unpaired) electrons. The molecule has 1 saturated carbocycles. The largest absolute Gasteiger partial charge is 0.497 e. The highest BCUT2D eigenvalue weighted by Gasteiger charge is 2.35. The number of methoxy groups -OCH3 is 1. The number of amides is 1. The smallest absolute Gasteiger partial charge is 0.288 e. The molecule has 142 valence electrons. The Morgan fingerprint density at radius 1 is 1.30 bits per heavy atom. The van der Waals surface area contributed by atoms with Crippen molar-refractivity contribution in [3.63, 3.8) is 0 Å². The number of hydrogen-bond donors (Lipinski definition) is 0. The lowest BCUT2D eigenvalue weighted by Gasteiger charge is -2.30. The second-order valence-corrected chi connectivity index (χ2v) is 7.19. The molecule has 0 N–H and O–H groups in total. The third kappa shape index (κ3) is 4.39. The van der Waals surface area contributed by atoms with Crippen molar-refractivity contribution in [2.75, 3.05) is 7.11 Å². The monoisotopic (exact) mass is 388 g/mol. The Morgan fingerprint density at radius 3 is 2.52 bits per heavy atom. The van der Waals surface area contributed by atoms with Crippen LogP contribution >= 0.6 is 11.6 Å². The lowest BCUT2D eigenvalue weighted by atomic mass is 10.1. The van der Waals surface area contributed by atoms with Crippen molar-refractivity contribution >= 4 is 23.2 Å². The number of carbonyl (C=O) groups is 1. The molecule has 0 spiro atoms. The first-order valence-electron chi connectivity index (χ1n) is 8.78. The molecule has 1 aliphatic rings. The fourth-order valence-corrected chi connectivity index (χ4v) is 3.30. The van der Waals surface area contributed by atoms with Crippen molar-refractivity contribution in [3.05, 3.63) is 68.7 Å². The highest BCUT2D eigenvalue weighted by atomic mass is 35.5. The summed E-state index contributed by atoms with van der Waals surface area (Å²) in [5, 5.41) is 11.2. The van der Waals surface area contributed by atoms with E-state index in [-0.39, 0.29) is 28.2 Å². The zero-order valence-electron chi connectivity index (χ0n) is 15.2. The standard InChI is InChI=1S/C20H21ClN2O4/c1-13(15-5-6-15)22(12-14-3-8-17(27-2)9-4-14)20(24)16-7-10-18(21)19(11-16)23(25)26/h3-4,7-11,13,15H,5-6,12H2,1-2H3/t13-/m1/s1. The second kappa shape index (κ2) is 7.96. The molecule has 0 bridgehead atoms. The van der Waals surface area contributed by atoms with Crippen molar-refractivity contribution < 1.29 is 14.5 Å². The van der Waals surface area contributed by atoms with E-state index in [4.69, 9.17) is 16.3 Å². The lowest BCUT2D eigenvalue weighted by Crippen LogP contribution is -2.39. The zero-order valence-corrected chi connectivity index (χ0v) is 16.0. The van der Waals surface area contributed by atoms with Crippen LogP contribution in [0.25, 0.3) is 0 Å². The van der Waals surface area contributed by atoms with Crippen LogP contribution in [0.4, 0.5) is 5.69 Å². The SMILES string of the molecule is COc1ccc(CN(C(=O)c2ccc(Cl)c([N+](=O)[O-])c2)[C@H](C)C2CC2)cc1. The maximum absolute atomic E-state index is 13.2. The Kier molecular flexibility index (Phi) is 5.65. The van der Waals surface area contributed by atoms with Crippen LogP contribution in [0, 0.1) is 16.0 Å². The van der Waals surface area contributed by atoms with Gasteiger partial charge in [0.2, 0.25) is 0 Å². The van der Waals surface area contributed by atoms with Crippen LogP contribution in [0.1, 0.15) is 35.7 Å². The molecule has 2 aromatic carbocycles. The predicted octanol–water partition coefficient (Wildman–Crippen LogP) is 4.70. The van der Waals surface area contributed by atoms with E-state index in [0.717, 1.165) is 24.2 Å². The number of nitrogens with zero attached hydrogens (tertiary/aromatic N) is 2. The van der Waals surface area contributed by atoms with Crippen LogP contribution in [0.2, 0.25) is 5.02 Å². The van der Waals surface area contributed by atoms with Crippen LogP contribution < -0.4 is 4.74 Å². The fraction of sp³-hybridized carbons (Fsp3) is 0.350. The molecule has 7 heteroatoms. The number of nitro benzene ring substituents is 1. The van der Waals surface area contributed by atoms with Crippen LogP contribution in [-0.4, -0.2) is 28.9 Å². The molecule has 0 unspecified atom stereocenters. The Morgan fingerprint density at radius 2 is 1.96 bits per heavy atom. The second-order valence-electron chi connectivity index (χ2n) is 6.78. The summed E-state index contributed by atoms with van der Waals surface area (Å²) in [6.45, 7) is 2.46. The van der Waals surface area contributed by atoms with Crippen molar-refractivity contribution in [2.24, 2.45) is 5.92 Å². The Labute approximate surface area is 162 Å². The molecule has 0 aromatic heterocycles. The summed E-state index contributed by atoms with van der Waals surface area (Å²) in [7, 11) is 1.60. The van der Waals surface area contributed by atoms with Gasteiger partial charge in [-0.15, -0.1) is 0 Å². The maximum atomic E-state index is 13.2. The topological polar surface area (TPSA) is 72.7 Å². The fourth-order valence-electron chi connectivity index (χ4n) is 3.11. The molecule has 1 aliphatic carbocycles. The summed E-state index contributed by atoms with van der Waals surface area (Å²) in [6, 6.07) is 11.8. The molecule has 1 fully saturated rings. The minimum Gasteiger partial charge on any atom is -0.497 e. The van der Waals surface area contributed by atoms with E-state index in [9.17, 15) is 14.9 Å². The molecule has 1 atom stereocenters. The van der Waals surface area contributed by atoms with Crippen molar-refractivity contribution in [3.8, 4) is 5.75 Å². The third-order valence-corrected chi connectivity index (χ3v) is 5.28. The Hall–Kier alpha value is -2.60. The third-order valence-electron chi connectivity index (χ3n) is 4.96. The van der Waals surface area contributed by atoms with Crippen LogP contribution in [-0.2, 0) is 6.54 Å². The van der Waals surface area contributed by atoms with Crippen LogP contribution in [0.3, 0.4) is 0 Å². The van der Waals surface area contributed by atoms with Gasteiger partial charge in [0, 0.05) is 24.2 Å². The lowest BCUT2D eigenvalue weighted by molar-refractivity contribution is -0.384. The average molecular weight is 389 g/mol. The first kappa shape index (κ1) is 19.2. The number of hydrogen-bond acceptors (Lipinski definition) is 4. The van der Waals surface area contributed by atoms with E-state index >= 15 is 0 Å². The summed E-state index contributed by atoms with van der Waals surface area (Å²) in [6.07, 6.45) is 2.18. The van der Waals surface area contributed by atoms with E-state index in [1.165, 1.54) is 18.2 Å². The number of halogens is 1. The van der Waals surface area contributed by atoms with Gasteiger partial charge in [-0.2, -0.15) is 0 Å². The number of benzene rings is 2. The summed E-state index contributed by atoms with van der Waals surface area (Å²) < 4.78 is 5.18. The molecule has 0 heterocycles. The quantitative estimate of drug-likeness (QED) is 0.509. The van der Waals surface area contributed by atoms with Crippen molar-refractivity contribution in [2.45, 2.75) is 32.4 Å². The van der Waals surface area contributed by atoms with E-state index in [0.29, 0.717) is 12.5 Å².